The van der Waals surface area contributed by atoms with E-state index in [0.717, 1.165) is 25.3 Å². The molecule has 0 radical (unpaired) electrons. The molecule has 0 aromatic heterocycles. The summed E-state index contributed by atoms with van der Waals surface area (Å²) in [6.07, 6.45) is 4.42. The minimum Gasteiger partial charge on any atom is -0.490 e. The Morgan fingerprint density at radius 3 is 2.68 bits per heavy atom. The first-order valence-electron chi connectivity index (χ1n) is 6.49. The van der Waals surface area contributed by atoms with Gasteiger partial charge in [-0.15, -0.1) is 0 Å². The van der Waals surface area contributed by atoms with Gasteiger partial charge in [0.05, 0.1) is 0 Å². The smallest absolute Gasteiger partial charge is 0.119 e. The molecular formula is C15H23NO2S. The molecule has 0 saturated heterocycles. The van der Waals surface area contributed by atoms with E-state index in [1.807, 2.05) is 31.2 Å². The van der Waals surface area contributed by atoms with Crippen LogP contribution in [0, 0.1) is 0 Å². The summed E-state index contributed by atoms with van der Waals surface area (Å²) < 4.78 is 16.6. The van der Waals surface area contributed by atoms with Crippen molar-refractivity contribution < 1.29 is 8.95 Å². The maximum atomic E-state index is 11.2. The second kappa shape index (κ2) is 8.88. The summed E-state index contributed by atoms with van der Waals surface area (Å²) in [4.78, 5) is 0. The molecule has 1 aromatic carbocycles. The predicted molar refractivity (Wildman–Crippen MR) is 82.0 cm³/mol. The fraction of sp³-hybridized carbons (Fsp3) is 0.467. The van der Waals surface area contributed by atoms with Crippen LogP contribution >= 0.6 is 0 Å². The molecule has 0 aliphatic rings. The third-order valence-electron chi connectivity index (χ3n) is 2.91. The molecule has 1 N–H and O–H groups in total. The minimum absolute atomic E-state index is 0.252. The van der Waals surface area contributed by atoms with E-state index < -0.39 is 10.8 Å². The molecule has 0 spiro atoms. The zero-order valence-electron chi connectivity index (χ0n) is 11.7. The molecule has 0 aliphatic heterocycles. The average Bonchev–Trinajstić information content (AvgIpc) is 2.42. The Labute approximate surface area is 118 Å². The predicted octanol–water partition coefficient (Wildman–Crippen LogP) is 2.50. The van der Waals surface area contributed by atoms with Crippen LogP contribution in [0.4, 0.5) is 0 Å². The zero-order chi connectivity index (χ0) is 14.1. The van der Waals surface area contributed by atoms with Crippen molar-refractivity contribution in [3.63, 3.8) is 0 Å². The van der Waals surface area contributed by atoms with Gasteiger partial charge in [0.25, 0.3) is 0 Å². The first-order chi connectivity index (χ1) is 9.13. The summed E-state index contributed by atoms with van der Waals surface area (Å²) in [7, 11) is -0.729. The Hall–Kier alpha value is -1.13. The third-order valence-corrected chi connectivity index (χ3v) is 4.28. The van der Waals surface area contributed by atoms with Crippen molar-refractivity contribution in [1.29, 1.82) is 0 Å². The Kier molecular flexibility index (Phi) is 7.45. The van der Waals surface area contributed by atoms with Gasteiger partial charge < -0.3 is 10.1 Å². The highest BCUT2D eigenvalue weighted by molar-refractivity contribution is 7.84. The lowest BCUT2D eigenvalue weighted by Crippen LogP contribution is -2.20. The number of rotatable bonds is 9. The second-order valence-electron chi connectivity index (χ2n) is 4.52. The van der Waals surface area contributed by atoms with Crippen LogP contribution in [-0.2, 0) is 17.3 Å². The molecule has 0 saturated carbocycles. The molecule has 19 heavy (non-hydrogen) atoms. The number of hydrogen-bond acceptors (Lipinski definition) is 3. The van der Waals surface area contributed by atoms with Gasteiger partial charge in [0.2, 0.25) is 0 Å². The van der Waals surface area contributed by atoms with Gasteiger partial charge in [-0.3, -0.25) is 4.21 Å². The zero-order valence-corrected chi connectivity index (χ0v) is 12.5. The van der Waals surface area contributed by atoms with Crippen LogP contribution in [0.15, 0.2) is 36.9 Å². The van der Waals surface area contributed by atoms with Crippen LogP contribution in [0.5, 0.6) is 5.75 Å². The number of ether oxygens (including phenoxy) is 1. The van der Waals surface area contributed by atoms with Crippen molar-refractivity contribution in [2.75, 3.05) is 19.4 Å². The fourth-order valence-corrected chi connectivity index (χ4v) is 2.01. The van der Waals surface area contributed by atoms with Crippen LogP contribution in [0.25, 0.3) is 0 Å². The molecule has 2 unspecified atom stereocenters. The van der Waals surface area contributed by atoms with E-state index in [9.17, 15) is 4.21 Å². The third kappa shape index (κ3) is 6.55. The first kappa shape index (κ1) is 15.9. The number of nitrogens with one attached hydrogen (secondary N) is 1. The van der Waals surface area contributed by atoms with Gasteiger partial charge in [0.15, 0.2) is 0 Å². The van der Waals surface area contributed by atoms with Crippen LogP contribution in [-0.4, -0.2) is 28.9 Å². The van der Waals surface area contributed by atoms with E-state index in [2.05, 4.69) is 11.9 Å². The Morgan fingerprint density at radius 1 is 1.42 bits per heavy atom. The molecular weight excluding hydrogens is 258 g/mol. The normalized spacial score (nSPS) is 13.8. The lowest BCUT2D eigenvalue weighted by molar-refractivity contribution is 0.363. The van der Waals surface area contributed by atoms with Gasteiger partial charge in [0.1, 0.15) is 12.4 Å². The quantitative estimate of drug-likeness (QED) is 0.558. The summed E-state index contributed by atoms with van der Waals surface area (Å²) in [5.74, 6) is 0.860. The van der Waals surface area contributed by atoms with E-state index in [4.69, 9.17) is 4.74 Å². The van der Waals surface area contributed by atoms with Gasteiger partial charge in [-0.25, -0.2) is 0 Å². The largest absolute Gasteiger partial charge is 0.490 e. The summed E-state index contributed by atoms with van der Waals surface area (Å²) in [6.45, 7) is 7.87. The van der Waals surface area contributed by atoms with Crippen molar-refractivity contribution in [2.24, 2.45) is 0 Å². The molecule has 0 aliphatic carbocycles. The lowest BCUT2D eigenvalue weighted by atomic mass is 10.2. The topological polar surface area (TPSA) is 38.3 Å². The Balaban J connectivity index is 2.26. The van der Waals surface area contributed by atoms with E-state index in [1.54, 1.807) is 12.3 Å². The standard InChI is InChI=1S/C15H23NO2S/c1-4-11-18-15-7-5-14(6-8-15)12-16-10-9-13(2)19(3)17/h4-8,13,16H,1,9-12H2,2-3H3. The Morgan fingerprint density at radius 2 is 2.11 bits per heavy atom. The van der Waals surface area contributed by atoms with Crippen molar-refractivity contribution in [3.8, 4) is 5.75 Å². The van der Waals surface area contributed by atoms with Crippen LogP contribution in [0.2, 0.25) is 0 Å². The van der Waals surface area contributed by atoms with Gasteiger partial charge >= 0.3 is 0 Å². The van der Waals surface area contributed by atoms with Gasteiger partial charge in [-0.2, -0.15) is 0 Å². The Bertz CT molecular complexity index is 403. The summed E-state index contributed by atoms with van der Waals surface area (Å²) in [5, 5.41) is 3.61. The molecule has 3 nitrogen and oxygen atoms in total. The molecule has 0 amide bonds. The highest BCUT2D eigenvalue weighted by Crippen LogP contribution is 2.12. The van der Waals surface area contributed by atoms with Crippen molar-refractivity contribution in [2.45, 2.75) is 25.1 Å². The van der Waals surface area contributed by atoms with Crippen molar-refractivity contribution in [1.82, 2.24) is 5.32 Å². The molecule has 2 atom stereocenters. The van der Waals surface area contributed by atoms with Gasteiger partial charge in [0, 0.05) is 28.9 Å². The van der Waals surface area contributed by atoms with Crippen LogP contribution < -0.4 is 10.1 Å². The van der Waals surface area contributed by atoms with E-state index in [-0.39, 0.29) is 5.25 Å². The summed E-state index contributed by atoms with van der Waals surface area (Å²) in [6, 6.07) is 8.02. The average molecular weight is 281 g/mol. The molecule has 0 heterocycles. The molecule has 106 valence electrons. The highest BCUT2D eigenvalue weighted by Gasteiger charge is 2.04. The highest BCUT2D eigenvalue weighted by atomic mass is 32.2. The maximum Gasteiger partial charge on any atom is 0.119 e. The lowest BCUT2D eigenvalue weighted by Gasteiger charge is -2.09. The molecule has 0 bridgehead atoms. The SMILES string of the molecule is C=CCOc1ccc(CNCCC(C)S(C)=O)cc1. The van der Waals surface area contributed by atoms with E-state index >= 15 is 0 Å². The fourth-order valence-electron chi connectivity index (χ4n) is 1.56. The van der Waals surface area contributed by atoms with E-state index in [1.165, 1.54) is 5.56 Å². The number of benzene rings is 1. The van der Waals surface area contributed by atoms with E-state index in [0.29, 0.717) is 6.61 Å². The molecule has 1 aromatic rings. The maximum absolute atomic E-state index is 11.2. The molecule has 0 fully saturated rings. The first-order valence-corrected chi connectivity index (χ1v) is 8.11. The van der Waals surface area contributed by atoms with Gasteiger partial charge in [-0.1, -0.05) is 31.7 Å². The van der Waals surface area contributed by atoms with Crippen LogP contribution in [0.3, 0.4) is 0 Å². The van der Waals surface area contributed by atoms with Crippen LogP contribution in [0.1, 0.15) is 18.9 Å². The number of hydrogen-bond donors (Lipinski definition) is 1. The molecule has 4 heteroatoms. The monoisotopic (exact) mass is 281 g/mol. The van der Waals surface area contributed by atoms with Crippen molar-refractivity contribution in [3.05, 3.63) is 42.5 Å². The summed E-state index contributed by atoms with van der Waals surface area (Å²) >= 11 is 0. The van der Waals surface area contributed by atoms with Gasteiger partial charge in [-0.05, 0) is 30.7 Å². The minimum atomic E-state index is -0.729. The molecule has 1 rings (SSSR count). The van der Waals surface area contributed by atoms with Crippen molar-refractivity contribution >= 4 is 10.8 Å². The second-order valence-corrected chi connectivity index (χ2v) is 6.32. The summed E-state index contributed by atoms with van der Waals surface area (Å²) in [5.41, 5.74) is 1.22.